The first-order chi connectivity index (χ1) is 7.25. The number of nitrogen functional groups attached to an aromatic ring is 1. The van der Waals surface area contributed by atoms with E-state index in [0.29, 0.717) is 11.4 Å². The molecule has 15 heavy (non-hydrogen) atoms. The predicted molar refractivity (Wildman–Crippen MR) is 57.1 cm³/mol. The van der Waals surface area contributed by atoms with Crippen molar-refractivity contribution >= 4 is 17.2 Å². The third kappa shape index (κ3) is 1.09. The summed E-state index contributed by atoms with van der Waals surface area (Å²) in [6.45, 7) is 0. The second kappa shape index (κ2) is 2.73. The Kier molecular flexibility index (Phi) is 1.51. The van der Waals surface area contributed by atoms with E-state index in [1.54, 1.807) is 6.07 Å². The number of nitrogens with two attached hydrogens (primary N) is 1. The number of allylic oxidation sites excluding steroid dienone is 2. The van der Waals surface area contributed by atoms with Crippen LogP contribution in [0.1, 0.15) is 5.56 Å². The van der Waals surface area contributed by atoms with Crippen LogP contribution in [0.15, 0.2) is 36.4 Å². The van der Waals surface area contributed by atoms with Crippen LogP contribution in [0.5, 0.6) is 5.75 Å². The van der Waals surface area contributed by atoms with Gasteiger partial charge in [-0.15, -0.1) is 0 Å². The topological polar surface area (TPSA) is 52.3 Å². The van der Waals surface area contributed by atoms with Crippen LogP contribution in [0.4, 0.5) is 5.69 Å². The molecule has 0 radical (unpaired) electrons. The van der Waals surface area contributed by atoms with Crippen molar-refractivity contribution in [3.05, 3.63) is 42.0 Å². The number of hydrogen-bond acceptors (Lipinski definition) is 3. The van der Waals surface area contributed by atoms with Crippen LogP contribution in [0.25, 0.3) is 5.57 Å². The molecule has 74 valence electrons. The molecular weight excluding hydrogens is 190 g/mol. The van der Waals surface area contributed by atoms with Gasteiger partial charge in [-0.1, -0.05) is 18.2 Å². The van der Waals surface area contributed by atoms with Gasteiger partial charge in [-0.2, -0.15) is 0 Å². The zero-order valence-electron chi connectivity index (χ0n) is 7.94. The Morgan fingerprint density at radius 2 is 2.20 bits per heavy atom. The molecule has 1 aliphatic heterocycles. The first kappa shape index (κ1) is 8.29. The Morgan fingerprint density at radius 1 is 1.33 bits per heavy atom. The highest BCUT2D eigenvalue weighted by Crippen LogP contribution is 2.40. The van der Waals surface area contributed by atoms with Crippen molar-refractivity contribution < 1.29 is 9.53 Å². The molecule has 0 saturated carbocycles. The van der Waals surface area contributed by atoms with Crippen molar-refractivity contribution in [2.24, 2.45) is 5.92 Å². The molecular formula is C12H9NO2. The second-order valence-electron chi connectivity index (χ2n) is 3.66. The minimum absolute atomic E-state index is 0.229. The molecule has 1 aliphatic carbocycles. The summed E-state index contributed by atoms with van der Waals surface area (Å²) >= 11 is 0. The van der Waals surface area contributed by atoms with E-state index in [-0.39, 0.29) is 11.9 Å². The number of anilines is 1. The summed E-state index contributed by atoms with van der Waals surface area (Å²) in [5.41, 5.74) is 8.20. The molecule has 0 fully saturated rings. The van der Waals surface area contributed by atoms with E-state index in [2.05, 4.69) is 0 Å². The van der Waals surface area contributed by atoms with Crippen molar-refractivity contribution in [2.75, 3.05) is 5.73 Å². The molecule has 1 atom stereocenters. The van der Waals surface area contributed by atoms with Crippen LogP contribution in [-0.4, -0.2) is 5.97 Å². The van der Waals surface area contributed by atoms with Crippen molar-refractivity contribution in [2.45, 2.75) is 0 Å². The molecule has 1 unspecified atom stereocenters. The van der Waals surface area contributed by atoms with Crippen molar-refractivity contribution in [3.8, 4) is 5.75 Å². The molecule has 3 rings (SSSR count). The first-order valence-corrected chi connectivity index (χ1v) is 4.76. The average Bonchev–Trinajstić information content (AvgIpc) is 2.66. The van der Waals surface area contributed by atoms with Gasteiger partial charge >= 0.3 is 5.97 Å². The molecule has 1 aromatic rings. The summed E-state index contributed by atoms with van der Waals surface area (Å²) in [4.78, 5) is 11.6. The number of hydrogen-bond donors (Lipinski definition) is 1. The normalized spacial score (nSPS) is 21.7. The van der Waals surface area contributed by atoms with Crippen molar-refractivity contribution in [1.82, 2.24) is 0 Å². The summed E-state index contributed by atoms with van der Waals surface area (Å²) < 4.78 is 5.22. The van der Waals surface area contributed by atoms with Crippen molar-refractivity contribution in [1.29, 1.82) is 0 Å². The summed E-state index contributed by atoms with van der Waals surface area (Å²) in [6, 6.07) is 5.39. The zero-order chi connectivity index (χ0) is 10.4. The summed E-state index contributed by atoms with van der Waals surface area (Å²) in [6.07, 6.45) is 5.67. The first-order valence-electron chi connectivity index (χ1n) is 4.76. The van der Waals surface area contributed by atoms with E-state index in [9.17, 15) is 4.79 Å². The van der Waals surface area contributed by atoms with Crippen molar-refractivity contribution in [3.63, 3.8) is 0 Å². The van der Waals surface area contributed by atoms with Gasteiger partial charge in [-0.25, -0.2) is 0 Å². The van der Waals surface area contributed by atoms with Gasteiger partial charge in [0.25, 0.3) is 0 Å². The van der Waals surface area contributed by atoms with Gasteiger partial charge in [-0.05, 0) is 17.7 Å². The third-order valence-corrected chi connectivity index (χ3v) is 2.70. The largest absolute Gasteiger partial charge is 0.425 e. The highest BCUT2D eigenvalue weighted by molar-refractivity contribution is 5.98. The molecule has 2 aliphatic rings. The third-order valence-electron chi connectivity index (χ3n) is 2.70. The molecule has 0 bridgehead atoms. The molecule has 0 saturated heterocycles. The number of carbonyl (C=O) groups excluding carboxylic acids is 1. The average molecular weight is 199 g/mol. The molecule has 0 aromatic heterocycles. The lowest BCUT2D eigenvalue weighted by molar-refractivity contribution is -0.136. The van der Waals surface area contributed by atoms with Crippen LogP contribution in [0.2, 0.25) is 0 Å². The fourth-order valence-corrected chi connectivity index (χ4v) is 1.97. The van der Waals surface area contributed by atoms with Gasteiger partial charge in [0.2, 0.25) is 0 Å². The maximum atomic E-state index is 11.6. The standard InChI is InChI=1S/C12H9NO2/c13-7-4-5-9-8-2-1-3-10(8)12(14)15-11(9)6-7/h1-6,10H,13H2. The molecule has 1 heterocycles. The fourth-order valence-electron chi connectivity index (χ4n) is 1.97. The maximum absolute atomic E-state index is 11.6. The van der Waals surface area contributed by atoms with E-state index >= 15 is 0 Å². The Morgan fingerprint density at radius 3 is 3.07 bits per heavy atom. The number of rotatable bonds is 0. The zero-order valence-corrected chi connectivity index (χ0v) is 7.94. The number of esters is 1. The number of ether oxygens (including phenoxy) is 1. The van der Waals surface area contributed by atoms with E-state index < -0.39 is 0 Å². The number of benzene rings is 1. The van der Waals surface area contributed by atoms with E-state index in [1.807, 2.05) is 30.4 Å². The van der Waals surface area contributed by atoms with Crippen LogP contribution in [0.3, 0.4) is 0 Å². The Bertz CT molecular complexity index is 514. The molecule has 0 spiro atoms. The monoisotopic (exact) mass is 199 g/mol. The summed E-state index contributed by atoms with van der Waals surface area (Å²) in [7, 11) is 0. The van der Waals surface area contributed by atoms with Gasteiger partial charge in [0.1, 0.15) is 11.7 Å². The minimum Gasteiger partial charge on any atom is -0.425 e. The maximum Gasteiger partial charge on any atom is 0.322 e. The molecule has 2 N–H and O–H groups in total. The number of fused-ring (bicyclic) bond motifs is 3. The van der Waals surface area contributed by atoms with Crippen LogP contribution in [-0.2, 0) is 4.79 Å². The summed E-state index contributed by atoms with van der Waals surface area (Å²) in [5.74, 6) is 0.0976. The summed E-state index contributed by atoms with van der Waals surface area (Å²) in [5, 5.41) is 0. The van der Waals surface area contributed by atoms with Gasteiger partial charge < -0.3 is 10.5 Å². The van der Waals surface area contributed by atoms with E-state index in [4.69, 9.17) is 10.5 Å². The van der Waals surface area contributed by atoms with E-state index in [0.717, 1.165) is 11.1 Å². The second-order valence-corrected chi connectivity index (χ2v) is 3.66. The highest BCUT2D eigenvalue weighted by Gasteiger charge is 2.32. The molecule has 1 aromatic carbocycles. The predicted octanol–water partition coefficient (Wildman–Crippen LogP) is 1.76. The lowest BCUT2D eigenvalue weighted by Crippen LogP contribution is -2.24. The van der Waals surface area contributed by atoms with Gasteiger partial charge in [0.15, 0.2) is 0 Å². The highest BCUT2D eigenvalue weighted by atomic mass is 16.5. The molecule has 3 nitrogen and oxygen atoms in total. The van der Waals surface area contributed by atoms with Gasteiger partial charge in [0.05, 0.1) is 0 Å². The van der Waals surface area contributed by atoms with Crippen LogP contribution in [0, 0.1) is 5.92 Å². The lowest BCUT2D eigenvalue weighted by Gasteiger charge is -2.22. The Hall–Kier alpha value is -2.03. The van der Waals surface area contributed by atoms with Crippen LogP contribution < -0.4 is 10.5 Å². The van der Waals surface area contributed by atoms with Crippen LogP contribution >= 0.6 is 0 Å². The Labute approximate surface area is 86.8 Å². The smallest absolute Gasteiger partial charge is 0.322 e. The molecule has 0 amide bonds. The Balaban J connectivity index is 2.21. The fraction of sp³-hybridized carbons (Fsp3) is 0.0833. The number of carbonyl (C=O) groups is 1. The lowest BCUT2D eigenvalue weighted by atomic mass is 9.92. The van der Waals surface area contributed by atoms with Gasteiger partial charge in [0, 0.05) is 17.3 Å². The molecule has 3 heteroatoms. The SMILES string of the molecule is Nc1ccc2c(c1)OC(=O)C1C=CC=C21. The quantitative estimate of drug-likeness (QED) is 0.393. The van der Waals surface area contributed by atoms with E-state index in [1.165, 1.54) is 0 Å². The minimum atomic E-state index is -0.235. The van der Waals surface area contributed by atoms with Gasteiger partial charge in [-0.3, -0.25) is 4.79 Å².